The maximum atomic E-state index is 5.69. The van der Waals surface area contributed by atoms with E-state index in [-0.39, 0.29) is 5.95 Å². The van der Waals surface area contributed by atoms with Gasteiger partial charge in [0.1, 0.15) is 11.6 Å². The third-order valence-electron chi connectivity index (χ3n) is 2.92. The van der Waals surface area contributed by atoms with Crippen LogP contribution in [0.3, 0.4) is 0 Å². The van der Waals surface area contributed by atoms with Gasteiger partial charge < -0.3 is 15.8 Å². The van der Waals surface area contributed by atoms with Gasteiger partial charge in [-0.25, -0.2) is 0 Å². The van der Waals surface area contributed by atoms with Crippen LogP contribution in [0.5, 0.6) is 5.75 Å². The summed E-state index contributed by atoms with van der Waals surface area (Å²) in [5.41, 5.74) is 7.18. The SMILES string of the molecule is CCCOc1ccc(Nc2nc(N)nc3[nH]ncc23)cc1. The molecule has 0 spiro atoms. The van der Waals surface area contributed by atoms with E-state index >= 15 is 0 Å². The minimum absolute atomic E-state index is 0.192. The number of rotatable bonds is 5. The number of nitrogens with zero attached hydrogens (tertiary/aromatic N) is 3. The normalized spacial score (nSPS) is 10.7. The Morgan fingerprint density at radius 1 is 1.24 bits per heavy atom. The van der Waals surface area contributed by atoms with Crippen molar-refractivity contribution >= 4 is 28.5 Å². The number of benzene rings is 1. The van der Waals surface area contributed by atoms with Crippen molar-refractivity contribution in [1.29, 1.82) is 0 Å². The summed E-state index contributed by atoms with van der Waals surface area (Å²) in [4.78, 5) is 8.28. The molecular formula is C14H16N6O. The Bertz CT molecular complexity index is 737. The van der Waals surface area contributed by atoms with Crippen molar-refractivity contribution in [2.24, 2.45) is 0 Å². The van der Waals surface area contributed by atoms with E-state index in [1.165, 1.54) is 0 Å². The summed E-state index contributed by atoms with van der Waals surface area (Å²) in [6.07, 6.45) is 2.65. The minimum atomic E-state index is 0.192. The first-order chi connectivity index (χ1) is 10.3. The summed E-state index contributed by atoms with van der Waals surface area (Å²) < 4.78 is 5.55. The lowest BCUT2D eigenvalue weighted by Gasteiger charge is -2.09. The molecule has 0 saturated heterocycles. The summed E-state index contributed by atoms with van der Waals surface area (Å²) in [5.74, 6) is 1.66. The van der Waals surface area contributed by atoms with Gasteiger partial charge >= 0.3 is 0 Å². The molecule has 0 radical (unpaired) electrons. The first kappa shape index (κ1) is 13.2. The van der Waals surface area contributed by atoms with Crippen LogP contribution in [0.1, 0.15) is 13.3 Å². The Morgan fingerprint density at radius 2 is 2.05 bits per heavy atom. The van der Waals surface area contributed by atoms with Crippen LogP contribution in [0, 0.1) is 0 Å². The molecule has 0 aliphatic carbocycles. The molecule has 2 aromatic heterocycles. The maximum Gasteiger partial charge on any atom is 0.224 e. The number of hydrogen-bond donors (Lipinski definition) is 3. The van der Waals surface area contributed by atoms with Crippen molar-refractivity contribution in [3.63, 3.8) is 0 Å². The molecule has 7 nitrogen and oxygen atoms in total. The summed E-state index contributed by atoms with van der Waals surface area (Å²) >= 11 is 0. The van der Waals surface area contributed by atoms with Gasteiger partial charge in [0, 0.05) is 5.69 Å². The van der Waals surface area contributed by atoms with Crippen molar-refractivity contribution in [3.8, 4) is 5.75 Å². The van der Waals surface area contributed by atoms with Gasteiger partial charge in [-0.05, 0) is 30.7 Å². The minimum Gasteiger partial charge on any atom is -0.494 e. The molecule has 21 heavy (non-hydrogen) atoms. The second-order valence-electron chi connectivity index (χ2n) is 4.56. The Kier molecular flexibility index (Phi) is 3.55. The molecule has 3 rings (SSSR count). The van der Waals surface area contributed by atoms with Crippen LogP contribution in [0.4, 0.5) is 17.5 Å². The molecular weight excluding hydrogens is 268 g/mol. The Morgan fingerprint density at radius 3 is 2.81 bits per heavy atom. The molecule has 0 amide bonds. The van der Waals surface area contributed by atoms with Gasteiger partial charge in [0.05, 0.1) is 18.2 Å². The average Bonchev–Trinajstić information content (AvgIpc) is 2.95. The van der Waals surface area contributed by atoms with Crippen molar-refractivity contribution in [2.75, 3.05) is 17.7 Å². The van der Waals surface area contributed by atoms with Gasteiger partial charge in [-0.3, -0.25) is 5.10 Å². The topological polar surface area (TPSA) is 102 Å². The molecule has 0 bridgehead atoms. The van der Waals surface area contributed by atoms with Crippen LogP contribution in [0.15, 0.2) is 30.5 Å². The van der Waals surface area contributed by atoms with Crippen LogP contribution in [-0.4, -0.2) is 26.8 Å². The first-order valence-corrected chi connectivity index (χ1v) is 6.72. The predicted octanol–water partition coefficient (Wildman–Crippen LogP) is 2.47. The van der Waals surface area contributed by atoms with Crippen LogP contribution in [-0.2, 0) is 0 Å². The van der Waals surface area contributed by atoms with Crippen molar-refractivity contribution in [3.05, 3.63) is 30.5 Å². The van der Waals surface area contributed by atoms with Gasteiger partial charge in [0.15, 0.2) is 5.65 Å². The number of fused-ring (bicyclic) bond motifs is 1. The second kappa shape index (κ2) is 5.66. The number of nitrogen functional groups attached to an aromatic ring is 1. The van der Waals surface area contributed by atoms with Gasteiger partial charge in [0.25, 0.3) is 0 Å². The highest BCUT2D eigenvalue weighted by molar-refractivity contribution is 5.88. The Labute approximate surface area is 121 Å². The molecule has 108 valence electrons. The molecule has 0 aliphatic rings. The van der Waals surface area contributed by atoms with E-state index in [2.05, 4.69) is 32.4 Å². The Hall–Kier alpha value is -2.83. The number of aromatic nitrogens is 4. The highest BCUT2D eigenvalue weighted by atomic mass is 16.5. The maximum absolute atomic E-state index is 5.69. The summed E-state index contributed by atoms with van der Waals surface area (Å²) in [6.45, 7) is 2.79. The number of anilines is 3. The summed E-state index contributed by atoms with van der Waals surface area (Å²) in [5, 5.41) is 10.7. The van der Waals surface area contributed by atoms with Gasteiger partial charge in [-0.2, -0.15) is 15.1 Å². The number of aromatic amines is 1. The third kappa shape index (κ3) is 2.86. The zero-order chi connectivity index (χ0) is 14.7. The van der Waals surface area contributed by atoms with Gasteiger partial charge in [-0.1, -0.05) is 6.92 Å². The number of nitrogens with two attached hydrogens (primary N) is 1. The lowest BCUT2D eigenvalue weighted by atomic mass is 10.3. The standard InChI is InChI=1S/C14H16N6O/c1-2-7-21-10-5-3-9(4-6-10)17-12-11-8-16-20-13(11)19-14(15)18-12/h3-6,8H,2,7H2,1H3,(H4,15,16,17,18,19,20). The van der Waals surface area contributed by atoms with Crippen molar-refractivity contribution < 1.29 is 4.74 Å². The average molecular weight is 284 g/mol. The number of hydrogen-bond acceptors (Lipinski definition) is 6. The quantitative estimate of drug-likeness (QED) is 0.665. The second-order valence-corrected chi connectivity index (χ2v) is 4.56. The predicted molar refractivity (Wildman–Crippen MR) is 81.6 cm³/mol. The first-order valence-electron chi connectivity index (χ1n) is 6.72. The van der Waals surface area contributed by atoms with Crippen molar-refractivity contribution in [1.82, 2.24) is 20.2 Å². The van der Waals surface area contributed by atoms with E-state index in [0.717, 1.165) is 23.2 Å². The fourth-order valence-corrected chi connectivity index (χ4v) is 1.94. The lowest BCUT2D eigenvalue weighted by molar-refractivity contribution is 0.317. The lowest BCUT2D eigenvalue weighted by Crippen LogP contribution is -2.01. The van der Waals surface area contributed by atoms with Crippen LogP contribution in [0.25, 0.3) is 11.0 Å². The largest absolute Gasteiger partial charge is 0.494 e. The molecule has 0 saturated carbocycles. The van der Waals surface area contributed by atoms with Gasteiger partial charge in [0.2, 0.25) is 5.95 Å². The highest BCUT2D eigenvalue weighted by Gasteiger charge is 2.08. The molecule has 3 aromatic rings. The Balaban J connectivity index is 1.83. The van der Waals surface area contributed by atoms with E-state index in [0.29, 0.717) is 18.1 Å². The molecule has 2 heterocycles. The van der Waals surface area contributed by atoms with E-state index in [1.54, 1.807) is 6.20 Å². The van der Waals surface area contributed by atoms with Crippen LogP contribution >= 0.6 is 0 Å². The monoisotopic (exact) mass is 284 g/mol. The smallest absolute Gasteiger partial charge is 0.224 e. The summed E-state index contributed by atoms with van der Waals surface area (Å²) in [7, 11) is 0. The molecule has 0 fully saturated rings. The molecule has 0 aliphatic heterocycles. The fraction of sp³-hybridized carbons (Fsp3) is 0.214. The van der Waals surface area contributed by atoms with E-state index < -0.39 is 0 Å². The fourth-order valence-electron chi connectivity index (χ4n) is 1.94. The zero-order valence-corrected chi connectivity index (χ0v) is 11.6. The molecule has 4 N–H and O–H groups in total. The molecule has 7 heteroatoms. The third-order valence-corrected chi connectivity index (χ3v) is 2.92. The van der Waals surface area contributed by atoms with Crippen LogP contribution < -0.4 is 15.8 Å². The van der Waals surface area contributed by atoms with E-state index in [1.807, 2.05) is 24.3 Å². The molecule has 1 aromatic carbocycles. The highest BCUT2D eigenvalue weighted by Crippen LogP contribution is 2.24. The van der Waals surface area contributed by atoms with Crippen LogP contribution in [0.2, 0.25) is 0 Å². The van der Waals surface area contributed by atoms with E-state index in [9.17, 15) is 0 Å². The zero-order valence-electron chi connectivity index (χ0n) is 11.6. The van der Waals surface area contributed by atoms with Crippen molar-refractivity contribution in [2.45, 2.75) is 13.3 Å². The summed E-state index contributed by atoms with van der Waals surface area (Å²) in [6, 6.07) is 7.68. The number of H-pyrrole nitrogens is 1. The van der Waals surface area contributed by atoms with E-state index in [4.69, 9.17) is 10.5 Å². The van der Waals surface area contributed by atoms with Gasteiger partial charge in [-0.15, -0.1) is 0 Å². The number of ether oxygens (including phenoxy) is 1. The number of nitrogens with one attached hydrogen (secondary N) is 2. The molecule has 0 atom stereocenters. The molecule has 0 unspecified atom stereocenters.